The summed E-state index contributed by atoms with van der Waals surface area (Å²) in [5.41, 5.74) is 1.99. The molecule has 0 spiro atoms. The number of aryl methyl sites for hydroxylation is 1. The van der Waals surface area contributed by atoms with Gasteiger partial charge >= 0.3 is 0 Å². The highest BCUT2D eigenvalue weighted by atomic mass is 19.1. The summed E-state index contributed by atoms with van der Waals surface area (Å²) in [7, 11) is 0. The Labute approximate surface area is 216 Å². The quantitative estimate of drug-likeness (QED) is 0.191. The molecule has 0 saturated carbocycles. The molecular formula is C31H43FN2O2. The van der Waals surface area contributed by atoms with Crippen molar-refractivity contribution in [3.63, 3.8) is 0 Å². The molecule has 36 heavy (non-hydrogen) atoms. The van der Waals surface area contributed by atoms with E-state index >= 15 is 0 Å². The predicted octanol–water partition coefficient (Wildman–Crippen LogP) is 8.44. The van der Waals surface area contributed by atoms with E-state index in [2.05, 4.69) is 16.9 Å². The second-order valence-electron chi connectivity index (χ2n) is 10.0. The smallest absolute Gasteiger partial charge is 0.165 e. The lowest BCUT2D eigenvalue weighted by atomic mass is 10.1. The average Bonchev–Trinajstić information content (AvgIpc) is 2.87. The van der Waals surface area contributed by atoms with Crippen LogP contribution in [0.3, 0.4) is 0 Å². The first kappa shape index (κ1) is 28.0. The lowest BCUT2D eigenvalue weighted by Gasteiger charge is -2.10. The molecule has 0 aliphatic rings. The van der Waals surface area contributed by atoms with E-state index in [4.69, 9.17) is 4.74 Å². The Balaban J connectivity index is 1.49. The zero-order chi connectivity index (χ0) is 25.6. The summed E-state index contributed by atoms with van der Waals surface area (Å²) in [4.78, 5) is 9.08. The van der Waals surface area contributed by atoms with Crippen LogP contribution in [0.2, 0.25) is 0 Å². The van der Waals surface area contributed by atoms with Crippen LogP contribution in [-0.2, 0) is 6.42 Å². The van der Waals surface area contributed by atoms with Gasteiger partial charge in [-0.25, -0.2) is 14.4 Å². The number of halogens is 1. The van der Waals surface area contributed by atoms with Crippen LogP contribution in [0.1, 0.15) is 96.5 Å². The van der Waals surface area contributed by atoms with Crippen molar-refractivity contribution >= 4 is 10.8 Å². The zero-order valence-corrected chi connectivity index (χ0v) is 22.1. The highest BCUT2D eigenvalue weighted by Gasteiger charge is 2.09. The molecule has 0 radical (unpaired) electrons. The minimum atomic E-state index is -0.328. The SMILES string of the molecule is CCCCCCCCCCOc1cc2ccc(-c3ncc(CCCCCC(C)O)cn3)cc2cc1F. The second kappa shape index (κ2) is 15.6. The third kappa shape index (κ3) is 9.50. The van der Waals surface area contributed by atoms with Crippen LogP contribution in [0.5, 0.6) is 5.75 Å². The Morgan fingerprint density at radius 2 is 1.53 bits per heavy atom. The number of nitrogens with zero attached hydrogens (tertiary/aromatic N) is 2. The molecule has 0 saturated heterocycles. The van der Waals surface area contributed by atoms with Gasteiger partial charge in [0.25, 0.3) is 0 Å². The van der Waals surface area contributed by atoms with Gasteiger partial charge in [-0.3, -0.25) is 0 Å². The number of aliphatic hydroxyl groups is 1. The number of benzene rings is 2. The maximum absolute atomic E-state index is 14.7. The molecule has 0 amide bonds. The highest BCUT2D eigenvalue weighted by Crippen LogP contribution is 2.28. The van der Waals surface area contributed by atoms with Crippen molar-refractivity contribution in [3.8, 4) is 17.1 Å². The van der Waals surface area contributed by atoms with E-state index in [-0.39, 0.29) is 11.9 Å². The van der Waals surface area contributed by atoms with Crippen molar-refractivity contribution < 1.29 is 14.2 Å². The van der Waals surface area contributed by atoms with E-state index in [1.54, 1.807) is 12.1 Å². The summed E-state index contributed by atoms with van der Waals surface area (Å²) >= 11 is 0. The van der Waals surface area contributed by atoms with Crippen molar-refractivity contribution in [3.05, 3.63) is 54.1 Å². The lowest BCUT2D eigenvalue weighted by molar-refractivity contribution is 0.180. The monoisotopic (exact) mass is 494 g/mol. The number of unbranched alkanes of at least 4 members (excludes halogenated alkanes) is 9. The van der Waals surface area contributed by atoms with Gasteiger partial charge in [-0.15, -0.1) is 0 Å². The third-order valence-corrected chi connectivity index (χ3v) is 6.70. The van der Waals surface area contributed by atoms with Crippen molar-refractivity contribution in [1.29, 1.82) is 0 Å². The van der Waals surface area contributed by atoms with E-state index in [0.29, 0.717) is 18.2 Å². The minimum absolute atomic E-state index is 0.220. The van der Waals surface area contributed by atoms with Gasteiger partial charge in [-0.2, -0.15) is 0 Å². The molecule has 0 fully saturated rings. The molecule has 196 valence electrons. The molecule has 2 aromatic carbocycles. The van der Waals surface area contributed by atoms with Gasteiger partial charge in [0.1, 0.15) is 0 Å². The first-order chi connectivity index (χ1) is 17.6. The third-order valence-electron chi connectivity index (χ3n) is 6.70. The minimum Gasteiger partial charge on any atom is -0.490 e. The molecule has 3 aromatic rings. The highest BCUT2D eigenvalue weighted by molar-refractivity contribution is 5.87. The van der Waals surface area contributed by atoms with E-state index in [1.165, 1.54) is 38.5 Å². The molecule has 1 N–H and O–H groups in total. The van der Waals surface area contributed by atoms with Crippen LogP contribution in [0.15, 0.2) is 42.7 Å². The molecule has 4 nitrogen and oxygen atoms in total. The Morgan fingerprint density at radius 1 is 0.833 bits per heavy atom. The summed E-state index contributed by atoms with van der Waals surface area (Å²) in [6.45, 7) is 4.62. The Kier molecular flexibility index (Phi) is 12.1. The number of fused-ring (bicyclic) bond motifs is 1. The molecule has 1 unspecified atom stereocenters. The van der Waals surface area contributed by atoms with Gasteiger partial charge < -0.3 is 9.84 Å². The summed E-state index contributed by atoms with van der Waals surface area (Å²) < 4.78 is 20.5. The average molecular weight is 495 g/mol. The van der Waals surface area contributed by atoms with Crippen LogP contribution in [0, 0.1) is 5.82 Å². The molecular weight excluding hydrogens is 451 g/mol. The van der Waals surface area contributed by atoms with Crippen LogP contribution in [0.25, 0.3) is 22.2 Å². The zero-order valence-electron chi connectivity index (χ0n) is 22.1. The standard InChI is InChI=1S/C31H43FN2O2/c1-3-4-5-6-7-8-9-13-18-36-30-21-26-16-17-27(19-28(26)20-29(30)32)31-33-22-25(23-34-31)15-12-10-11-14-24(2)35/h16-17,19-24,35H,3-15,18H2,1-2H3. The van der Waals surface area contributed by atoms with Crippen LogP contribution < -0.4 is 4.74 Å². The maximum Gasteiger partial charge on any atom is 0.165 e. The van der Waals surface area contributed by atoms with Gasteiger partial charge in [0.15, 0.2) is 17.4 Å². The first-order valence-corrected chi connectivity index (χ1v) is 13.9. The fourth-order valence-corrected chi connectivity index (χ4v) is 4.50. The van der Waals surface area contributed by atoms with E-state index in [0.717, 1.165) is 66.8 Å². The van der Waals surface area contributed by atoms with E-state index in [9.17, 15) is 9.50 Å². The maximum atomic E-state index is 14.7. The Bertz CT molecular complexity index is 1040. The topological polar surface area (TPSA) is 55.2 Å². The largest absolute Gasteiger partial charge is 0.490 e. The van der Waals surface area contributed by atoms with Crippen molar-refractivity contribution in [2.75, 3.05) is 6.61 Å². The normalized spacial score (nSPS) is 12.2. The van der Waals surface area contributed by atoms with Crippen molar-refractivity contribution in [1.82, 2.24) is 9.97 Å². The van der Waals surface area contributed by atoms with Gasteiger partial charge in [0, 0.05) is 18.0 Å². The van der Waals surface area contributed by atoms with Gasteiger partial charge in [0.05, 0.1) is 12.7 Å². The molecule has 0 aliphatic heterocycles. The fraction of sp³-hybridized carbons (Fsp3) is 0.548. The number of aliphatic hydroxyl groups excluding tert-OH is 1. The fourth-order valence-electron chi connectivity index (χ4n) is 4.50. The first-order valence-electron chi connectivity index (χ1n) is 13.9. The van der Waals surface area contributed by atoms with Gasteiger partial charge in [0.2, 0.25) is 0 Å². The molecule has 1 heterocycles. The molecule has 1 aromatic heterocycles. The van der Waals surface area contributed by atoms with Crippen LogP contribution in [0.4, 0.5) is 4.39 Å². The van der Waals surface area contributed by atoms with E-state index in [1.807, 2.05) is 37.5 Å². The molecule has 1 atom stereocenters. The predicted molar refractivity (Wildman–Crippen MR) is 147 cm³/mol. The number of aromatic nitrogens is 2. The Hall–Kier alpha value is -2.53. The second-order valence-corrected chi connectivity index (χ2v) is 10.0. The van der Waals surface area contributed by atoms with Crippen molar-refractivity contribution in [2.24, 2.45) is 0 Å². The lowest BCUT2D eigenvalue weighted by Crippen LogP contribution is -1.99. The summed E-state index contributed by atoms with van der Waals surface area (Å²) in [5, 5.41) is 11.1. The molecule has 5 heteroatoms. The summed E-state index contributed by atoms with van der Waals surface area (Å²) in [5.74, 6) is 0.642. The number of hydrogen-bond donors (Lipinski definition) is 1. The number of ether oxygens (including phenoxy) is 1. The molecule has 3 rings (SSSR count). The number of hydrogen-bond acceptors (Lipinski definition) is 4. The van der Waals surface area contributed by atoms with Crippen molar-refractivity contribution in [2.45, 2.75) is 103 Å². The molecule has 0 aliphatic carbocycles. The van der Waals surface area contributed by atoms with Crippen LogP contribution >= 0.6 is 0 Å². The number of rotatable bonds is 17. The van der Waals surface area contributed by atoms with Gasteiger partial charge in [-0.1, -0.05) is 76.8 Å². The summed E-state index contributed by atoms with van der Waals surface area (Å²) in [6, 6.07) is 9.23. The van der Waals surface area contributed by atoms with E-state index < -0.39 is 0 Å². The van der Waals surface area contributed by atoms with Crippen LogP contribution in [-0.4, -0.2) is 27.8 Å². The van der Waals surface area contributed by atoms with Gasteiger partial charge in [-0.05, 0) is 67.1 Å². The summed E-state index contributed by atoms with van der Waals surface area (Å²) in [6.07, 6.45) is 18.4. The molecule has 0 bridgehead atoms. The Morgan fingerprint density at radius 3 is 2.25 bits per heavy atom.